The molecule has 0 atom stereocenters. The summed E-state index contributed by atoms with van der Waals surface area (Å²) in [7, 11) is 0. The normalized spacial score (nSPS) is 12.9. The van der Waals surface area contributed by atoms with Crippen LogP contribution in [0.2, 0.25) is 0 Å². The van der Waals surface area contributed by atoms with Gasteiger partial charge in [-0.2, -0.15) is 0 Å². The second-order valence-electron chi connectivity index (χ2n) is 11.5. The number of benzene rings is 4. The van der Waals surface area contributed by atoms with Gasteiger partial charge in [-0.25, -0.2) is 4.98 Å². The maximum absolute atomic E-state index is 4.69. The SMILES string of the molecule is Cc1cc(NNc2ccc(NNc3ccc(N4CCCC4)s3)cc2C)ccc1/N=N/c1nc(-c2ccc(-c3ccccc3)cc2)cs1. The molecule has 8 nitrogen and oxygen atoms in total. The van der Waals surface area contributed by atoms with Gasteiger partial charge in [-0.05, 0) is 97.5 Å². The molecule has 1 saturated heterocycles. The van der Waals surface area contributed by atoms with Crippen LogP contribution in [-0.4, -0.2) is 18.1 Å². The zero-order valence-corrected chi connectivity index (χ0v) is 28.0. The van der Waals surface area contributed by atoms with Gasteiger partial charge in [0.1, 0.15) is 5.00 Å². The van der Waals surface area contributed by atoms with Gasteiger partial charge in [-0.15, -0.1) is 21.6 Å². The highest BCUT2D eigenvalue weighted by Crippen LogP contribution is 2.33. The minimum absolute atomic E-state index is 0.626. The number of hydrazine groups is 2. The zero-order valence-electron chi connectivity index (χ0n) is 26.3. The van der Waals surface area contributed by atoms with Gasteiger partial charge in [-0.1, -0.05) is 65.9 Å². The number of rotatable bonds is 11. The fraction of sp³-hybridized carbons (Fsp3) is 0.162. The Bertz CT molecular complexity index is 1980. The molecule has 2 aromatic heterocycles. The van der Waals surface area contributed by atoms with Crippen molar-refractivity contribution in [3.63, 3.8) is 0 Å². The van der Waals surface area contributed by atoms with E-state index in [0.29, 0.717) is 5.13 Å². The van der Waals surface area contributed by atoms with Crippen molar-refractivity contribution in [1.29, 1.82) is 0 Å². The Kier molecular flexibility index (Phi) is 9.12. The van der Waals surface area contributed by atoms with Gasteiger partial charge in [0.05, 0.1) is 33.4 Å². The molecule has 236 valence electrons. The minimum Gasteiger partial charge on any atom is -0.363 e. The lowest BCUT2D eigenvalue weighted by atomic mass is 10.0. The van der Waals surface area contributed by atoms with Crippen molar-refractivity contribution in [3.05, 3.63) is 120 Å². The molecule has 0 bridgehead atoms. The number of hydrogen-bond donors (Lipinski definition) is 4. The predicted molar refractivity (Wildman–Crippen MR) is 200 cm³/mol. The molecule has 10 heteroatoms. The number of anilines is 5. The number of azo groups is 1. The van der Waals surface area contributed by atoms with Crippen molar-refractivity contribution in [1.82, 2.24) is 4.98 Å². The molecule has 0 amide bonds. The summed E-state index contributed by atoms with van der Waals surface area (Å²) in [6.07, 6.45) is 2.57. The molecule has 0 spiro atoms. The fourth-order valence-electron chi connectivity index (χ4n) is 5.51. The molecule has 1 aliphatic rings. The molecule has 0 radical (unpaired) electrons. The molecule has 4 aromatic carbocycles. The average Bonchev–Trinajstić information content (AvgIpc) is 3.90. The van der Waals surface area contributed by atoms with Crippen LogP contribution in [0.1, 0.15) is 24.0 Å². The van der Waals surface area contributed by atoms with E-state index in [4.69, 9.17) is 4.98 Å². The summed E-state index contributed by atoms with van der Waals surface area (Å²) in [4.78, 5) is 7.15. The summed E-state index contributed by atoms with van der Waals surface area (Å²) in [5, 5.41) is 14.0. The van der Waals surface area contributed by atoms with Crippen LogP contribution in [-0.2, 0) is 0 Å². The number of hydrogen-bond acceptors (Lipinski definition) is 10. The summed E-state index contributed by atoms with van der Waals surface area (Å²) in [6.45, 7) is 6.43. The molecule has 7 rings (SSSR count). The standard InChI is InChI=1S/C37H36N8S2/c1-25-23-31(40-43-35-18-19-36(47-35)45-20-6-7-21-45)15-16-32(25)41-39-30-14-17-33(26(2)22-30)42-44-37-38-34(24-46-37)29-12-10-28(11-13-29)27-8-4-3-5-9-27/h3-5,8-19,22-24,39-41,43H,6-7,20-21H2,1-2H3/b44-42+. The third kappa shape index (κ3) is 7.45. The quantitative estimate of drug-likeness (QED) is 0.0820. The summed E-state index contributed by atoms with van der Waals surface area (Å²) in [5.74, 6) is 0. The van der Waals surface area contributed by atoms with E-state index in [2.05, 4.69) is 129 Å². The van der Waals surface area contributed by atoms with E-state index in [9.17, 15) is 0 Å². The van der Waals surface area contributed by atoms with Crippen molar-refractivity contribution < 1.29 is 0 Å². The molecule has 0 aliphatic carbocycles. The Morgan fingerprint density at radius 2 is 1.36 bits per heavy atom. The van der Waals surface area contributed by atoms with Crippen LogP contribution < -0.4 is 26.6 Å². The molecule has 0 saturated carbocycles. The lowest BCUT2D eigenvalue weighted by Crippen LogP contribution is -2.15. The van der Waals surface area contributed by atoms with Crippen LogP contribution in [0.4, 0.5) is 37.9 Å². The number of aryl methyl sites for hydroxylation is 2. The summed E-state index contributed by atoms with van der Waals surface area (Å²) < 4.78 is 0. The second-order valence-corrected chi connectivity index (χ2v) is 13.4. The first kappa shape index (κ1) is 30.5. The van der Waals surface area contributed by atoms with Crippen LogP contribution in [0.5, 0.6) is 0 Å². The largest absolute Gasteiger partial charge is 0.363 e. The number of nitrogens with zero attached hydrogens (tertiary/aromatic N) is 4. The van der Waals surface area contributed by atoms with Gasteiger partial charge in [0.2, 0.25) is 5.13 Å². The van der Waals surface area contributed by atoms with Crippen molar-refractivity contribution >= 4 is 60.6 Å². The first-order valence-electron chi connectivity index (χ1n) is 15.7. The summed E-state index contributed by atoms with van der Waals surface area (Å²) in [6, 6.07) is 35.4. The maximum atomic E-state index is 4.69. The van der Waals surface area contributed by atoms with E-state index in [1.165, 1.54) is 40.3 Å². The molecular weight excluding hydrogens is 621 g/mol. The first-order valence-corrected chi connectivity index (χ1v) is 17.4. The van der Waals surface area contributed by atoms with Crippen molar-refractivity contribution in [2.75, 3.05) is 39.7 Å². The third-order valence-corrected chi connectivity index (χ3v) is 9.91. The van der Waals surface area contributed by atoms with Gasteiger partial charge in [0.25, 0.3) is 0 Å². The van der Waals surface area contributed by atoms with Crippen LogP contribution in [0, 0.1) is 13.8 Å². The van der Waals surface area contributed by atoms with Gasteiger partial charge < -0.3 is 21.2 Å². The van der Waals surface area contributed by atoms with E-state index in [1.54, 1.807) is 11.3 Å². The first-order chi connectivity index (χ1) is 23.1. The van der Waals surface area contributed by atoms with E-state index >= 15 is 0 Å². The molecule has 3 heterocycles. The van der Waals surface area contributed by atoms with Gasteiger partial charge in [0.15, 0.2) is 0 Å². The molecule has 0 unspecified atom stereocenters. The summed E-state index contributed by atoms with van der Waals surface area (Å²) >= 11 is 3.27. The Hall–Kier alpha value is -5.19. The lowest BCUT2D eigenvalue weighted by molar-refractivity contribution is 0.949. The van der Waals surface area contributed by atoms with E-state index in [-0.39, 0.29) is 0 Å². The van der Waals surface area contributed by atoms with Crippen molar-refractivity contribution in [3.8, 4) is 22.4 Å². The predicted octanol–water partition coefficient (Wildman–Crippen LogP) is 11.0. The Labute approximate surface area is 283 Å². The zero-order chi connectivity index (χ0) is 32.0. The van der Waals surface area contributed by atoms with Crippen LogP contribution in [0.3, 0.4) is 0 Å². The third-order valence-electron chi connectivity index (χ3n) is 8.13. The highest BCUT2D eigenvalue weighted by molar-refractivity contribution is 7.20. The molecule has 47 heavy (non-hydrogen) atoms. The highest BCUT2D eigenvalue weighted by atomic mass is 32.1. The number of nitrogens with one attached hydrogen (secondary N) is 4. The number of thiophene rings is 1. The minimum atomic E-state index is 0.626. The van der Waals surface area contributed by atoms with Crippen LogP contribution in [0.15, 0.2) is 119 Å². The summed E-state index contributed by atoms with van der Waals surface area (Å²) in [5.41, 5.74) is 23.5. The molecule has 1 aliphatic heterocycles. The lowest BCUT2D eigenvalue weighted by Gasteiger charge is -2.15. The number of thiazole rings is 1. The Morgan fingerprint density at radius 3 is 2.13 bits per heavy atom. The second kappa shape index (κ2) is 14.1. The van der Waals surface area contributed by atoms with Crippen LogP contribution >= 0.6 is 22.7 Å². The topological polar surface area (TPSA) is 89.0 Å². The maximum Gasteiger partial charge on any atom is 0.230 e. The van der Waals surface area contributed by atoms with Crippen molar-refractivity contribution in [2.24, 2.45) is 10.2 Å². The Morgan fingerprint density at radius 1 is 0.660 bits per heavy atom. The van der Waals surface area contributed by atoms with E-state index in [0.717, 1.165) is 63.2 Å². The van der Waals surface area contributed by atoms with Crippen molar-refractivity contribution in [2.45, 2.75) is 26.7 Å². The van der Waals surface area contributed by atoms with Gasteiger partial charge in [-0.3, -0.25) is 5.43 Å². The van der Waals surface area contributed by atoms with E-state index in [1.807, 2.05) is 30.5 Å². The average molecular weight is 657 g/mol. The number of aromatic nitrogens is 1. The Balaban J connectivity index is 0.918. The molecule has 6 aromatic rings. The smallest absolute Gasteiger partial charge is 0.230 e. The monoisotopic (exact) mass is 656 g/mol. The van der Waals surface area contributed by atoms with E-state index < -0.39 is 0 Å². The van der Waals surface area contributed by atoms with Gasteiger partial charge >= 0.3 is 0 Å². The molecular formula is C37H36N8S2. The van der Waals surface area contributed by atoms with Crippen LogP contribution in [0.25, 0.3) is 22.4 Å². The molecule has 4 N–H and O–H groups in total. The molecule has 1 fully saturated rings. The van der Waals surface area contributed by atoms with Gasteiger partial charge in [0, 0.05) is 24.0 Å². The highest BCUT2D eigenvalue weighted by Gasteiger charge is 2.14. The fourth-order valence-corrected chi connectivity index (χ4v) is 7.06.